The molecule has 5 rings (SSSR count). The van der Waals surface area contributed by atoms with Gasteiger partial charge in [-0.05, 0) is 42.5 Å². The van der Waals surface area contributed by atoms with Gasteiger partial charge in [0, 0.05) is 4.47 Å². The number of thioether (sulfide) groups is 1. The predicted molar refractivity (Wildman–Crippen MR) is 121 cm³/mol. The lowest BCUT2D eigenvalue weighted by Gasteiger charge is -2.12. The zero-order valence-electron chi connectivity index (χ0n) is 15.9. The maximum absolute atomic E-state index is 13.2. The molecule has 0 atom stereocenters. The van der Waals surface area contributed by atoms with E-state index in [4.69, 9.17) is 4.42 Å². The average molecular weight is 496 g/mol. The van der Waals surface area contributed by atoms with Crippen LogP contribution in [0.5, 0.6) is 0 Å². The second-order valence-electron chi connectivity index (χ2n) is 6.71. The lowest BCUT2D eigenvalue weighted by atomic mass is 10.2. The van der Waals surface area contributed by atoms with Gasteiger partial charge >= 0.3 is 0 Å². The van der Waals surface area contributed by atoms with Crippen molar-refractivity contribution >= 4 is 49.5 Å². The molecule has 154 valence electrons. The summed E-state index contributed by atoms with van der Waals surface area (Å²) >= 11 is 4.64. The van der Waals surface area contributed by atoms with E-state index in [1.54, 1.807) is 54.8 Å². The molecule has 31 heavy (non-hydrogen) atoms. The lowest BCUT2D eigenvalue weighted by Crippen LogP contribution is -2.26. The van der Waals surface area contributed by atoms with Gasteiger partial charge in [-0.2, -0.15) is 4.68 Å². The molecule has 3 heterocycles. The summed E-state index contributed by atoms with van der Waals surface area (Å²) in [5, 5.41) is 9.56. The van der Waals surface area contributed by atoms with Crippen molar-refractivity contribution in [3.63, 3.8) is 0 Å². The van der Waals surface area contributed by atoms with E-state index in [2.05, 4.69) is 31.2 Å². The molecule has 0 spiro atoms. The van der Waals surface area contributed by atoms with E-state index in [-0.39, 0.29) is 23.5 Å². The van der Waals surface area contributed by atoms with Crippen LogP contribution in [-0.4, -0.2) is 24.5 Å². The Labute approximate surface area is 187 Å². The zero-order valence-corrected chi connectivity index (χ0v) is 18.3. The number of benzene rings is 2. The Balaban J connectivity index is 1.57. The molecule has 2 aromatic carbocycles. The number of fused-ring (bicyclic) bond motifs is 2. The second-order valence-corrected chi connectivity index (χ2v) is 8.54. The topological polar surface area (TPSA) is 95.8 Å². The molecule has 3 aromatic heterocycles. The van der Waals surface area contributed by atoms with Crippen molar-refractivity contribution in [2.45, 2.75) is 17.6 Å². The first-order valence-electron chi connectivity index (χ1n) is 9.28. The molecular formula is C21H14BrN5O3S. The highest BCUT2D eigenvalue weighted by Crippen LogP contribution is 2.22. The normalized spacial score (nSPS) is 11.4. The van der Waals surface area contributed by atoms with E-state index >= 15 is 0 Å². The summed E-state index contributed by atoms with van der Waals surface area (Å²) in [6.07, 6.45) is 1.56. The first-order valence-corrected chi connectivity index (χ1v) is 11.1. The molecule has 8 nitrogen and oxygen atoms in total. The van der Waals surface area contributed by atoms with Gasteiger partial charge in [-0.1, -0.05) is 45.0 Å². The minimum absolute atomic E-state index is 0.156. The van der Waals surface area contributed by atoms with Crippen molar-refractivity contribution in [2.24, 2.45) is 0 Å². The van der Waals surface area contributed by atoms with E-state index in [0.717, 1.165) is 4.47 Å². The first kappa shape index (κ1) is 19.7. The van der Waals surface area contributed by atoms with Crippen molar-refractivity contribution < 1.29 is 4.42 Å². The summed E-state index contributed by atoms with van der Waals surface area (Å²) in [5.74, 6) is 0.784. The van der Waals surface area contributed by atoms with E-state index in [9.17, 15) is 9.59 Å². The molecule has 0 unspecified atom stereocenters. The van der Waals surface area contributed by atoms with Crippen molar-refractivity contribution in [1.29, 1.82) is 0 Å². The Hall–Kier alpha value is -3.24. The Morgan fingerprint density at radius 1 is 0.968 bits per heavy atom. The number of hydrogen-bond donors (Lipinski definition) is 0. The van der Waals surface area contributed by atoms with Gasteiger partial charge < -0.3 is 4.42 Å². The maximum Gasteiger partial charge on any atom is 0.278 e. The predicted octanol–water partition coefficient (Wildman–Crippen LogP) is 3.66. The molecule has 0 bridgehead atoms. The summed E-state index contributed by atoms with van der Waals surface area (Å²) < 4.78 is 9.03. The van der Waals surface area contributed by atoms with Gasteiger partial charge in [-0.3, -0.25) is 14.2 Å². The molecule has 0 aliphatic carbocycles. The molecule has 0 fully saturated rings. The van der Waals surface area contributed by atoms with Gasteiger partial charge in [-0.15, -0.1) is 5.10 Å². The van der Waals surface area contributed by atoms with Gasteiger partial charge in [-0.25, -0.2) is 4.98 Å². The van der Waals surface area contributed by atoms with Crippen LogP contribution in [0.3, 0.4) is 0 Å². The van der Waals surface area contributed by atoms with E-state index in [0.29, 0.717) is 32.7 Å². The van der Waals surface area contributed by atoms with Crippen LogP contribution in [0.1, 0.15) is 5.76 Å². The Bertz CT molecular complexity index is 1530. The van der Waals surface area contributed by atoms with Crippen LogP contribution in [-0.2, 0) is 12.4 Å². The van der Waals surface area contributed by atoms with Crippen LogP contribution in [0, 0.1) is 0 Å². The first-order chi connectivity index (χ1) is 15.1. The third-order valence-electron chi connectivity index (χ3n) is 4.72. The van der Waals surface area contributed by atoms with Gasteiger partial charge in [0.15, 0.2) is 5.16 Å². The maximum atomic E-state index is 13.2. The molecule has 10 heteroatoms. The Kier molecular flexibility index (Phi) is 5.16. The summed E-state index contributed by atoms with van der Waals surface area (Å²) in [6, 6.07) is 16.0. The molecule has 0 aliphatic heterocycles. The number of hydrogen-bond acceptors (Lipinski definition) is 7. The van der Waals surface area contributed by atoms with Gasteiger partial charge in [0.25, 0.3) is 11.1 Å². The molecular weight excluding hydrogens is 482 g/mol. The van der Waals surface area contributed by atoms with Gasteiger partial charge in [0.1, 0.15) is 11.3 Å². The minimum atomic E-state index is -0.247. The molecule has 0 saturated carbocycles. The van der Waals surface area contributed by atoms with Crippen LogP contribution in [0.15, 0.2) is 84.5 Å². The number of aromatic nitrogens is 5. The van der Waals surface area contributed by atoms with Crippen molar-refractivity contribution in [3.8, 4) is 0 Å². The molecule has 5 aromatic rings. The smallest absolute Gasteiger partial charge is 0.278 e. The highest BCUT2D eigenvalue weighted by molar-refractivity contribution is 9.10. The number of rotatable bonds is 5. The van der Waals surface area contributed by atoms with Crippen LogP contribution in [0.2, 0.25) is 0 Å². The molecule has 0 radical (unpaired) electrons. The molecule has 0 N–H and O–H groups in total. The number of furan rings is 1. The molecule has 0 amide bonds. The number of nitrogens with zero attached hydrogens (tertiary/aromatic N) is 5. The van der Waals surface area contributed by atoms with Crippen LogP contribution in [0.25, 0.3) is 21.8 Å². The Morgan fingerprint density at radius 2 is 1.84 bits per heavy atom. The highest BCUT2D eigenvalue weighted by Gasteiger charge is 2.15. The fraction of sp³-hybridized carbons (Fsp3) is 0.0952. The fourth-order valence-electron chi connectivity index (χ4n) is 3.21. The summed E-state index contributed by atoms with van der Waals surface area (Å²) in [7, 11) is 0. The standard InChI is InChI=1S/C21H14BrN5O3S/c22-13-7-8-17-16(10-13)19(28)26(11-14-4-3-9-30-14)21(23-17)31-12-27-20(29)15-5-1-2-6-18(15)24-25-27/h1-10H,11-12H2. The van der Waals surface area contributed by atoms with Gasteiger partial charge in [0.05, 0.1) is 35.0 Å². The minimum Gasteiger partial charge on any atom is -0.467 e. The summed E-state index contributed by atoms with van der Waals surface area (Å²) in [4.78, 5) is 30.6. The van der Waals surface area contributed by atoms with E-state index in [1.807, 2.05) is 6.07 Å². The van der Waals surface area contributed by atoms with E-state index < -0.39 is 0 Å². The Morgan fingerprint density at radius 3 is 2.68 bits per heavy atom. The van der Waals surface area contributed by atoms with Crippen LogP contribution < -0.4 is 11.1 Å². The third-order valence-corrected chi connectivity index (χ3v) is 6.16. The fourth-order valence-corrected chi connectivity index (χ4v) is 4.44. The molecule has 0 saturated heterocycles. The largest absolute Gasteiger partial charge is 0.467 e. The van der Waals surface area contributed by atoms with E-state index in [1.165, 1.54) is 21.0 Å². The average Bonchev–Trinajstić information content (AvgIpc) is 3.29. The summed E-state index contributed by atoms with van der Waals surface area (Å²) in [5.41, 5.74) is 0.672. The summed E-state index contributed by atoms with van der Waals surface area (Å²) in [6.45, 7) is 0.224. The van der Waals surface area contributed by atoms with Crippen molar-refractivity contribution in [2.75, 3.05) is 0 Å². The molecule has 0 aliphatic rings. The third kappa shape index (κ3) is 3.79. The SMILES string of the molecule is O=c1c2ccccc2nnn1CSc1nc2ccc(Br)cc2c(=O)n1Cc1ccco1. The second kappa shape index (κ2) is 8.12. The monoisotopic (exact) mass is 495 g/mol. The lowest BCUT2D eigenvalue weighted by molar-refractivity contribution is 0.476. The zero-order chi connectivity index (χ0) is 21.4. The quantitative estimate of drug-likeness (QED) is 0.271. The van der Waals surface area contributed by atoms with Crippen LogP contribution >= 0.6 is 27.7 Å². The van der Waals surface area contributed by atoms with Crippen molar-refractivity contribution in [1.82, 2.24) is 24.5 Å². The van der Waals surface area contributed by atoms with Gasteiger partial charge in [0.2, 0.25) is 0 Å². The highest BCUT2D eigenvalue weighted by atomic mass is 79.9. The van der Waals surface area contributed by atoms with Crippen LogP contribution in [0.4, 0.5) is 0 Å². The van der Waals surface area contributed by atoms with Crippen molar-refractivity contribution in [3.05, 3.63) is 91.8 Å². The number of halogens is 1.